The molecule has 11 nitrogen and oxygen atoms in total. The van der Waals surface area contributed by atoms with E-state index in [9.17, 15) is 24.3 Å². The molecule has 1 heterocycles. The molecule has 0 aliphatic carbocycles. The lowest BCUT2D eigenvalue weighted by atomic mass is 10.00. The summed E-state index contributed by atoms with van der Waals surface area (Å²) >= 11 is 1.47. The van der Waals surface area contributed by atoms with Crippen LogP contribution in [0.2, 0.25) is 0 Å². The Morgan fingerprint density at radius 2 is 1.68 bits per heavy atom. The van der Waals surface area contributed by atoms with Gasteiger partial charge in [-0.25, -0.2) is 9.78 Å². The Kier molecular flexibility index (Phi) is 12.1. The molecular weight excluding hydrogens is 496 g/mol. The van der Waals surface area contributed by atoms with E-state index in [-0.39, 0.29) is 25.2 Å². The van der Waals surface area contributed by atoms with E-state index < -0.39 is 47.9 Å². The van der Waals surface area contributed by atoms with Crippen LogP contribution in [0.1, 0.15) is 31.5 Å². The summed E-state index contributed by atoms with van der Waals surface area (Å²) in [5, 5.41) is 17.4. The molecule has 2 aromatic rings. The third-order valence-corrected chi connectivity index (χ3v) is 6.36. The van der Waals surface area contributed by atoms with Gasteiger partial charge in [0.1, 0.15) is 18.1 Å². The number of nitrogens with one attached hydrogen (secondary N) is 4. The Balaban J connectivity index is 2.16. The second kappa shape index (κ2) is 15.0. The number of hydrogen-bond donors (Lipinski definition) is 6. The first kappa shape index (κ1) is 29.8. The first-order valence-electron chi connectivity index (χ1n) is 12.0. The van der Waals surface area contributed by atoms with E-state index in [0.717, 1.165) is 5.56 Å². The zero-order valence-corrected chi connectivity index (χ0v) is 22.1. The molecule has 0 bridgehead atoms. The number of aliphatic carboxylic acids is 1. The van der Waals surface area contributed by atoms with Crippen molar-refractivity contribution in [3.05, 3.63) is 54.1 Å². The lowest BCUT2D eigenvalue weighted by Gasteiger charge is -2.27. The largest absolute Gasteiger partial charge is 0.480 e. The standard InChI is InChI=1S/C25H36N6O5S/c1-15(2)21(24(34)29-19(25(35)36)9-10-37-3)31-23(33)20(11-16-7-5-4-6-8-16)30-22(32)18(26)12-17-13-27-14-28-17/h4-8,13-15,18-21H,9-12,26H2,1-3H3,(H,27,28)(H,29,34)(H,30,32)(H,31,33)(H,35,36). The maximum absolute atomic E-state index is 13.4. The molecule has 0 fully saturated rings. The number of nitrogens with zero attached hydrogens (tertiary/aromatic N) is 1. The number of rotatable bonds is 15. The van der Waals surface area contributed by atoms with Crippen molar-refractivity contribution >= 4 is 35.5 Å². The average molecular weight is 533 g/mol. The van der Waals surface area contributed by atoms with Crippen molar-refractivity contribution in [3.63, 3.8) is 0 Å². The zero-order valence-electron chi connectivity index (χ0n) is 21.3. The molecule has 37 heavy (non-hydrogen) atoms. The van der Waals surface area contributed by atoms with Crippen molar-refractivity contribution < 1.29 is 24.3 Å². The highest BCUT2D eigenvalue weighted by Gasteiger charge is 2.32. The fraction of sp³-hybridized carbons (Fsp3) is 0.480. The van der Waals surface area contributed by atoms with Crippen LogP contribution >= 0.6 is 11.8 Å². The van der Waals surface area contributed by atoms with Crippen molar-refractivity contribution in [1.29, 1.82) is 0 Å². The van der Waals surface area contributed by atoms with Gasteiger partial charge < -0.3 is 31.8 Å². The highest BCUT2D eigenvalue weighted by atomic mass is 32.2. The highest BCUT2D eigenvalue weighted by molar-refractivity contribution is 7.98. The van der Waals surface area contributed by atoms with Gasteiger partial charge in [0.25, 0.3) is 0 Å². The summed E-state index contributed by atoms with van der Waals surface area (Å²) in [6.45, 7) is 3.49. The zero-order chi connectivity index (χ0) is 27.4. The maximum atomic E-state index is 13.4. The summed E-state index contributed by atoms with van der Waals surface area (Å²) in [5.41, 5.74) is 7.54. The molecule has 0 aliphatic heterocycles. The third kappa shape index (κ3) is 9.89. The number of H-pyrrole nitrogens is 1. The van der Waals surface area contributed by atoms with E-state index in [1.807, 2.05) is 36.6 Å². The van der Waals surface area contributed by atoms with Gasteiger partial charge in [-0.15, -0.1) is 0 Å². The summed E-state index contributed by atoms with van der Waals surface area (Å²) in [5.74, 6) is -2.63. The van der Waals surface area contributed by atoms with Crippen LogP contribution in [0.3, 0.4) is 0 Å². The molecule has 0 saturated heterocycles. The minimum atomic E-state index is -1.14. The Labute approximate surface area is 220 Å². The van der Waals surface area contributed by atoms with E-state index in [4.69, 9.17) is 5.73 Å². The number of benzene rings is 1. The molecular formula is C25H36N6O5S. The molecule has 1 aromatic heterocycles. The van der Waals surface area contributed by atoms with Crippen LogP contribution in [0.5, 0.6) is 0 Å². The summed E-state index contributed by atoms with van der Waals surface area (Å²) in [7, 11) is 0. The topological polar surface area (TPSA) is 179 Å². The first-order chi connectivity index (χ1) is 17.6. The SMILES string of the molecule is CSCCC(NC(=O)C(NC(=O)C(Cc1ccccc1)NC(=O)C(N)Cc1cnc[nH]1)C(C)C)C(=O)O. The smallest absolute Gasteiger partial charge is 0.326 e. The van der Waals surface area contributed by atoms with Gasteiger partial charge in [0, 0.05) is 24.7 Å². The first-order valence-corrected chi connectivity index (χ1v) is 13.4. The van der Waals surface area contributed by atoms with Crippen molar-refractivity contribution in [1.82, 2.24) is 25.9 Å². The molecule has 1 aromatic carbocycles. The van der Waals surface area contributed by atoms with Crippen LogP contribution in [0, 0.1) is 5.92 Å². The van der Waals surface area contributed by atoms with Crippen molar-refractivity contribution in [2.75, 3.05) is 12.0 Å². The number of carbonyl (C=O) groups excluding carboxylic acids is 3. The summed E-state index contributed by atoms with van der Waals surface area (Å²) in [6.07, 6.45) is 5.53. The van der Waals surface area contributed by atoms with E-state index in [1.54, 1.807) is 20.0 Å². The second-order valence-electron chi connectivity index (χ2n) is 9.05. The van der Waals surface area contributed by atoms with Crippen LogP contribution in [0.25, 0.3) is 0 Å². The fourth-order valence-corrected chi connectivity index (χ4v) is 4.08. The number of nitrogens with two attached hydrogens (primary N) is 1. The molecule has 2 rings (SSSR count). The van der Waals surface area contributed by atoms with Crippen molar-refractivity contribution in [3.8, 4) is 0 Å². The molecule has 202 valence electrons. The van der Waals surface area contributed by atoms with Gasteiger partial charge in [-0.2, -0.15) is 11.8 Å². The molecule has 3 amide bonds. The molecule has 0 radical (unpaired) electrons. The van der Waals surface area contributed by atoms with E-state index in [2.05, 4.69) is 25.9 Å². The third-order valence-electron chi connectivity index (χ3n) is 5.72. The normalized spacial score (nSPS) is 14.3. The van der Waals surface area contributed by atoms with E-state index in [0.29, 0.717) is 11.4 Å². The molecule has 0 saturated carbocycles. The maximum Gasteiger partial charge on any atom is 0.326 e. The van der Waals surface area contributed by atoms with Gasteiger partial charge >= 0.3 is 5.97 Å². The quantitative estimate of drug-likeness (QED) is 0.191. The van der Waals surface area contributed by atoms with Gasteiger partial charge in [-0.05, 0) is 29.9 Å². The minimum absolute atomic E-state index is 0.174. The van der Waals surface area contributed by atoms with Gasteiger partial charge in [-0.1, -0.05) is 44.2 Å². The second-order valence-corrected chi connectivity index (χ2v) is 10.0. The lowest BCUT2D eigenvalue weighted by molar-refractivity contribution is -0.142. The van der Waals surface area contributed by atoms with Gasteiger partial charge in [0.15, 0.2) is 0 Å². The molecule has 0 spiro atoms. The van der Waals surface area contributed by atoms with Crippen LogP contribution in [0.4, 0.5) is 0 Å². The van der Waals surface area contributed by atoms with Crippen LogP contribution in [0.15, 0.2) is 42.9 Å². The number of amides is 3. The molecule has 0 aliphatic rings. The van der Waals surface area contributed by atoms with Crippen LogP contribution < -0.4 is 21.7 Å². The minimum Gasteiger partial charge on any atom is -0.480 e. The van der Waals surface area contributed by atoms with E-state index in [1.165, 1.54) is 18.1 Å². The fourth-order valence-electron chi connectivity index (χ4n) is 3.61. The number of aromatic amines is 1. The number of carboxylic acid groups (broad SMARTS) is 1. The Hall–Kier alpha value is -3.38. The Bertz CT molecular complexity index is 1020. The Morgan fingerprint density at radius 1 is 1.00 bits per heavy atom. The number of hydrogen-bond acceptors (Lipinski definition) is 7. The lowest BCUT2D eigenvalue weighted by Crippen LogP contribution is -2.59. The summed E-state index contributed by atoms with van der Waals surface area (Å²) < 4.78 is 0. The number of imidazole rings is 1. The van der Waals surface area contributed by atoms with Crippen LogP contribution in [-0.2, 0) is 32.0 Å². The molecule has 4 atom stereocenters. The number of carbonyl (C=O) groups is 4. The number of aromatic nitrogens is 2. The predicted octanol–water partition coefficient (Wildman–Crippen LogP) is 0.470. The van der Waals surface area contributed by atoms with Crippen LogP contribution in [-0.4, -0.2) is 74.9 Å². The van der Waals surface area contributed by atoms with Gasteiger partial charge in [0.05, 0.1) is 12.4 Å². The van der Waals surface area contributed by atoms with Crippen molar-refractivity contribution in [2.24, 2.45) is 11.7 Å². The molecule has 7 N–H and O–H groups in total. The Morgan fingerprint density at radius 3 is 2.24 bits per heavy atom. The monoisotopic (exact) mass is 532 g/mol. The average Bonchev–Trinajstić information content (AvgIpc) is 3.37. The summed E-state index contributed by atoms with van der Waals surface area (Å²) in [6, 6.07) is 5.12. The highest BCUT2D eigenvalue weighted by Crippen LogP contribution is 2.09. The molecule has 4 unspecified atom stereocenters. The number of carboxylic acids is 1. The van der Waals surface area contributed by atoms with E-state index >= 15 is 0 Å². The van der Waals surface area contributed by atoms with Crippen molar-refractivity contribution in [2.45, 2.75) is 57.3 Å². The van der Waals surface area contributed by atoms with Gasteiger partial charge in [-0.3, -0.25) is 14.4 Å². The molecule has 12 heteroatoms. The predicted molar refractivity (Wildman–Crippen MR) is 142 cm³/mol. The number of thioether (sulfide) groups is 1. The summed E-state index contributed by atoms with van der Waals surface area (Å²) in [4.78, 5) is 57.6. The van der Waals surface area contributed by atoms with Gasteiger partial charge in [0.2, 0.25) is 17.7 Å².